The molecular weight excluding hydrogens is 422 g/mol. The van der Waals surface area contributed by atoms with Crippen LogP contribution in [0.15, 0.2) is 36.4 Å². The second kappa shape index (κ2) is 11.4. The highest BCUT2D eigenvalue weighted by molar-refractivity contribution is 6.01. The van der Waals surface area contributed by atoms with Gasteiger partial charge in [-0.1, -0.05) is 19.4 Å². The van der Waals surface area contributed by atoms with E-state index in [9.17, 15) is 9.59 Å². The largest absolute Gasteiger partial charge is 0.493 e. The summed E-state index contributed by atoms with van der Waals surface area (Å²) in [5.74, 6) is 0.497. The zero-order valence-corrected chi connectivity index (χ0v) is 19.8. The molecule has 1 heterocycles. The maximum atomic E-state index is 13.0. The van der Waals surface area contributed by atoms with Crippen molar-refractivity contribution in [2.24, 2.45) is 0 Å². The van der Waals surface area contributed by atoms with Crippen LogP contribution in [0.2, 0.25) is 0 Å². The Morgan fingerprint density at radius 3 is 2.24 bits per heavy atom. The average Bonchev–Trinajstić information content (AvgIpc) is 3.38. The molecule has 0 saturated carbocycles. The molecule has 1 aliphatic rings. The Bertz CT molecular complexity index is 947. The quantitative estimate of drug-likeness (QED) is 0.566. The van der Waals surface area contributed by atoms with Gasteiger partial charge >= 0.3 is 0 Å². The Labute approximate surface area is 195 Å². The summed E-state index contributed by atoms with van der Waals surface area (Å²) in [4.78, 5) is 28.4. The van der Waals surface area contributed by atoms with Gasteiger partial charge in [0.15, 0.2) is 11.5 Å². The predicted octanol–water partition coefficient (Wildman–Crippen LogP) is 3.85. The number of hydrogen-bond donors (Lipinski definition) is 2. The highest BCUT2D eigenvalue weighted by Gasteiger charge is 2.23. The van der Waals surface area contributed by atoms with E-state index >= 15 is 0 Å². The third kappa shape index (κ3) is 5.88. The van der Waals surface area contributed by atoms with E-state index in [1.54, 1.807) is 12.1 Å². The molecule has 33 heavy (non-hydrogen) atoms. The number of hydrogen-bond acceptors (Lipinski definition) is 6. The molecule has 2 aromatic carbocycles. The normalized spacial score (nSPS) is 13.9. The first-order chi connectivity index (χ1) is 16.0. The second-order valence-corrected chi connectivity index (χ2v) is 7.96. The number of carbonyl (C=O) groups excluding carboxylic acids is 2. The van der Waals surface area contributed by atoms with E-state index in [4.69, 9.17) is 14.2 Å². The Balaban J connectivity index is 1.74. The van der Waals surface area contributed by atoms with Crippen LogP contribution in [0.1, 0.15) is 43.0 Å². The Kier molecular flexibility index (Phi) is 8.40. The fourth-order valence-electron chi connectivity index (χ4n) is 4.00. The number of rotatable bonds is 10. The molecule has 1 fully saturated rings. The number of amides is 2. The van der Waals surface area contributed by atoms with Crippen molar-refractivity contribution in [3.05, 3.63) is 42.0 Å². The minimum atomic E-state index is -0.683. The molecule has 0 aliphatic carbocycles. The first-order valence-corrected chi connectivity index (χ1v) is 11.3. The smallest absolute Gasteiger partial charge is 0.252 e. The van der Waals surface area contributed by atoms with Gasteiger partial charge in [-0.2, -0.15) is 0 Å². The Morgan fingerprint density at radius 2 is 1.67 bits per heavy atom. The molecule has 1 atom stereocenters. The van der Waals surface area contributed by atoms with Crippen molar-refractivity contribution in [3.8, 4) is 17.2 Å². The summed E-state index contributed by atoms with van der Waals surface area (Å²) < 4.78 is 16.0. The number of anilines is 2. The number of nitrogens with zero attached hydrogens (tertiary/aromatic N) is 1. The molecule has 8 heteroatoms. The summed E-state index contributed by atoms with van der Waals surface area (Å²) in [7, 11) is 4.48. The third-order valence-corrected chi connectivity index (χ3v) is 5.71. The first kappa shape index (κ1) is 24.2. The molecule has 2 aromatic rings. The van der Waals surface area contributed by atoms with Crippen molar-refractivity contribution < 1.29 is 23.8 Å². The second-order valence-electron chi connectivity index (χ2n) is 7.96. The topological polar surface area (TPSA) is 89.1 Å². The number of ether oxygens (including phenoxy) is 3. The minimum absolute atomic E-state index is 0.254. The van der Waals surface area contributed by atoms with Crippen LogP contribution in [-0.2, 0) is 4.79 Å². The van der Waals surface area contributed by atoms with Crippen LogP contribution < -0.4 is 29.7 Å². The standard InChI is InChI=1S/C25H33N3O5/c1-5-9-20(25(30)26-18-10-8-11-19(16-18)28-12-6-7-13-28)27-24(29)17-14-21(31-2)23(33-4)22(15-17)32-3/h8,10-11,14-16,20H,5-7,9,12-13H2,1-4H3,(H,26,30)(H,27,29). The molecule has 2 N–H and O–H groups in total. The van der Waals surface area contributed by atoms with E-state index in [-0.39, 0.29) is 5.91 Å². The van der Waals surface area contributed by atoms with E-state index in [1.165, 1.54) is 34.2 Å². The van der Waals surface area contributed by atoms with E-state index in [0.29, 0.717) is 34.9 Å². The van der Waals surface area contributed by atoms with Crippen LogP contribution >= 0.6 is 0 Å². The lowest BCUT2D eigenvalue weighted by molar-refractivity contribution is -0.118. The molecule has 1 unspecified atom stereocenters. The average molecular weight is 456 g/mol. The molecule has 1 aliphatic heterocycles. The van der Waals surface area contributed by atoms with Gasteiger partial charge in [0.25, 0.3) is 5.91 Å². The summed E-state index contributed by atoms with van der Waals surface area (Å²) in [6.45, 7) is 4.03. The van der Waals surface area contributed by atoms with Gasteiger partial charge in [0.1, 0.15) is 6.04 Å². The van der Waals surface area contributed by atoms with Crippen LogP contribution in [0.25, 0.3) is 0 Å². The maximum absolute atomic E-state index is 13.0. The van der Waals surface area contributed by atoms with E-state index in [0.717, 1.165) is 25.2 Å². The third-order valence-electron chi connectivity index (χ3n) is 5.71. The molecule has 2 amide bonds. The molecule has 0 aromatic heterocycles. The highest BCUT2D eigenvalue weighted by atomic mass is 16.5. The molecule has 0 spiro atoms. The molecule has 1 saturated heterocycles. The SMILES string of the molecule is CCCC(NC(=O)c1cc(OC)c(OC)c(OC)c1)C(=O)Nc1cccc(N2CCCC2)c1. The minimum Gasteiger partial charge on any atom is -0.493 e. The monoisotopic (exact) mass is 455 g/mol. The van der Waals surface area contributed by atoms with Crippen molar-refractivity contribution in [1.82, 2.24) is 5.32 Å². The van der Waals surface area contributed by atoms with Crippen LogP contribution in [0.5, 0.6) is 17.2 Å². The van der Waals surface area contributed by atoms with Gasteiger partial charge in [0.2, 0.25) is 11.7 Å². The molecule has 0 bridgehead atoms. The number of nitrogens with one attached hydrogen (secondary N) is 2. The lowest BCUT2D eigenvalue weighted by Gasteiger charge is -2.21. The van der Waals surface area contributed by atoms with Crippen LogP contribution in [0.3, 0.4) is 0 Å². The van der Waals surface area contributed by atoms with Gasteiger partial charge in [-0.15, -0.1) is 0 Å². The first-order valence-electron chi connectivity index (χ1n) is 11.3. The van der Waals surface area contributed by atoms with Crippen molar-refractivity contribution in [3.63, 3.8) is 0 Å². The number of benzene rings is 2. The van der Waals surface area contributed by atoms with Gasteiger partial charge in [0, 0.05) is 30.0 Å². The van der Waals surface area contributed by atoms with E-state index in [2.05, 4.69) is 21.6 Å². The van der Waals surface area contributed by atoms with Crippen molar-refractivity contribution in [2.45, 2.75) is 38.6 Å². The summed E-state index contributed by atoms with van der Waals surface area (Å²) >= 11 is 0. The fourth-order valence-corrected chi connectivity index (χ4v) is 4.00. The zero-order chi connectivity index (χ0) is 23.8. The lowest BCUT2D eigenvalue weighted by Crippen LogP contribution is -2.43. The summed E-state index contributed by atoms with van der Waals surface area (Å²) in [6.07, 6.45) is 3.61. The highest BCUT2D eigenvalue weighted by Crippen LogP contribution is 2.38. The predicted molar refractivity (Wildman–Crippen MR) is 129 cm³/mol. The van der Waals surface area contributed by atoms with Crippen molar-refractivity contribution in [1.29, 1.82) is 0 Å². The van der Waals surface area contributed by atoms with E-state index in [1.807, 2.05) is 25.1 Å². The van der Waals surface area contributed by atoms with E-state index < -0.39 is 11.9 Å². The maximum Gasteiger partial charge on any atom is 0.252 e. The molecule has 178 valence electrons. The zero-order valence-electron chi connectivity index (χ0n) is 19.8. The van der Waals surface area contributed by atoms with Crippen LogP contribution in [-0.4, -0.2) is 52.3 Å². The number of methoxy groups -OCH3 is 3. The van der Waals surface area contributed by atoms with Gasteiger partial charge in [-0.05, 0) is 49.6 Å². The lowest BCUT2D eigenvalue weighted by atomic mass is 10.1. The Morgan fingerprint density at radius 1 is 1.00 bits per heavy atom. The fraction of sp³-hybridized carbons (Fsp3) is 0.440. The van der Waals surface area contributed by atoms with Gasteiger partial charge < -0.3 is 29.7 Å². The summed E-state index contributed by atoms with van der Waals surface area (Å²) in [5.41, 5.74) is 2.13. The van der Waals surface area contributed by atoms with Crippen LogP contribution in [0.4, 0.5) is 11.4 Å². The molecule has 0 radical (unpaired) electrons. The Hall–Kier alpha value is -3.42. The van der Waals surface area contributed by atoms with Crippen LogP contribution in [0, 0.1) is 0 Å². The van der Waals surface area contributed by atoms with Crippen molar-refractivity contribution in [2.75, 3.05) is 44.6 Å². The van der Waals surface area contributed by atoms with Crippen molar-refractivity contribution >= 4 is 23.2 Å². The molecule has 3 rings (SSSR count). The van der Waals surface area contributed by atoms with Gasteiger partial charge in [0.05, 0.1) is 21.3 Å². The molecular formula is C25H33N3O5. The van der Waals surface area contributed by atoms with Gasteiger partial charge in [-0.3, -0.25) is 9.59 Å². The van der Waals surface area contributed by atoms with Gasteiger partial charge in [-0.25, -0.2) is 0 Å². The number of carbonyl (C=O) groups is 2. The summed E-state index contributed by atoms with van der Waals surface area (Å²) in [6, 6.07) is 10.3. The summed E-state index contributed by atoms with van der Waals surface area (Å²) in [5, 5.41) is 5.81. The molecule has 8 nitrogen and oxygen atoms in total.